The molecular formula is C9H12N+. The predicted octanol–water partition coefficient (Wildman–Crippen LogP) is 1.16. The molecule has 0 saturated carbocycles. The van der Waals surface area contributed by atoms with Crippen molar-refractivity contribution in [2.24, 2.45) is 0 Å². The van der Waals surface area contributed by atoms with Gasteiger partial charge < -0.3 is 5.73 Å². The average molecular weight is 134 g/mol. The van der Waals surface area contributed by atoms with Gasteiger partial charge in [0.15, 0.2) is 0 Å². The van der Waals surface area contributed by atoms with Crippen LogP contribution in [0.5, 0.6) is 0 Å². The smallest absolute Gasteiger partial charge is 0.128 e. The molecule has 0 radical (unpaired) electrons. The number of hydrogen-bond donors (Lipinski definition) is 1. The van der Waals surface area contributed by atoms with E-state index in [1.807, 2.05) is 24.3 Å². The lowest BCUT2D eigenvalue weighted by Gasteiger charge is -2.00. The fourth-order valence-corrected chi connectivity index (χ4v) is 0.836. The monoisotopic (exact) mass is 134 g/mol. The lowest BCUT2D eigenvalue weighted by atomic mass is 10.1. The maximum absolute atomic E-state index is 3.91. The molecule has 1 unspecified atom stereocenters. The predicted molar refractivity (Wildman–Crippen MR) is 42.3 cm³/mol. The Labute approximate surface area is 61.2 Å². The highest BCUT2D eigenvalue weighted by molar-refractivity contribution is 5.19. The third-order valence-corrected chi connectivity index (χ3v) is 1.51. The van der Waals surface area contributed by atoms with E-state index < -0.39 is 0 Å². The molecule has 0 saturated heterocycles. The van der Waals surface area contributed by atoms with Crippen LogP contribution in [0.1, 0.15) is 11.6 Å². The van der Waals surface area contributed by atoms with Crippen LogP contribution >= 0.6 is 0 Å². The molecule has 3 N–H and O–H groups in total. The fraction of sp³-hybridized carbons (Fsp3) is 0.111. The van der Waals surface area contributed by atoms with Gasteiger partial charge in [-0.05, 0) is 6.08 Å². The molecule has 10 heavy (non-hydrogen) atoms. The van der Waals surface area contributed by atoms with E-state index in [-0.39, 0.29) is 6.04 Å². The standard InChI is InChI=1S/C9H11N/c1-2-9(10)8-6-4-3-5-7-8/h2-7,9H,1,10H2/p+1. The molecule has 1 aromatic carbocycles. The van der Waals surface area contributed by atoms with Gasteiger partial charge in [0.05, 0.1) is 0 Å². The summed E-state index contributed by atoms with van der Waals surface area (Å²) in [7, 11) is 0. The van der Waals surface area contributed by atoms with Crippen LogP contribution in [-0.2, 0) is 0 Å². The molecule has 0 aliphatic heterocycles. The lowest BCUT2D eigenvalue weighted by Crippen LogP contribution is -2.52. The molecule has 0 fully saturated rings. The van der Waals surface area contributed by atoms with Crippen LogP contribution in [0.2, 0.25) is 0 Å². The quantitative estimate of drug-likeness (QED) is 0.588. The summed E-state index contributed by atoms with van der Waals surface area (Å²) in [4.78, 5) is 0. The van der Waals surface area contributed by atoms with Crippen LogP contribution in [0.4, 0.5) is 0 Å². The van der Waals surface area contributed by atoms with E-state index in [1.165, 1.54) is 5.56 Å². The highest BCUT2D eigenvalue weighted by atomic mass is 14.6. The molecule has 0 aliphatic rings. The first kappa shape index (κ1) is 7.03. The second-order valence-corrected chi connectivity index (χ2v) is 2.25. The van der Waals surface area contributed by atoms with Crippen molar-refractivity contribution in [2.45, 2.75) is 6.04 Å². The van der Waals surface area contributed by atoms with Gasteiger partial charge in [0.25, 0.3) is 0 Å². The lowest BCUT2D eigenvalue weighted by molar-refractivity contribution is -0.409. The molecule has 0 heterocycles. The maximum Gasteiger partial charge on any atom is 0.128 e. The summed E-state index contributed by atoms with van der Waals surface area (Å²) in [6, 6.07) is 10.4. The zero-order chi connectivity index (χ0) is 7.40. The summed E-state index contributed by atoms with van der Waals surface area (Å²) in [6.45, 7) is 3.67. The van der Waals surface area contributed by atoms with Gasteiger partial charge in [-0.15, -0.1) is 0 Å². The summed E-state index contributed by atoms with van der Waals surface area (Å²) >= 11 is 0. The van der Waals surface area contributed by atoms with Crippen molar-refractivity contribution < 1.29 is 5.73 Å². The summed E-state index contributed by atoms with van der Waals surface area (Å²) < 4.78 is 0. The molecule has 1 rings (SSSR count). The molecule has 1 nitrogen and oxygen atoms in total. The minimum Gasteiger partial charge on any atom is -0.348 e. The Morgan fingerprint density at radius 3 is 2.40 bits per heavy atom. The van der Waals surface area contributed by atoms with E-state index in [0.29, 0.717) is 0 Å². The molecule has 0 bridgehead atoms. The van der Waals surface area contributed by atoms with Gasteiger partial charge in [-0.3, -0.25) is 0 Å². The Bertz CT molecular complexity index is 203. The van der Waals surface area contributed by atoms with Crippen LogP contribution in [0.15, 0.2) is 43.0 Å². The molecule has 0 spiro atoms. The van der Waals surface area contributed by atoms with Gasteiger partial charge in [-0.2, -0.15) is 0 Å². The van der Waals surface area contributed by atoms with Gasteiger partial charge in [-0.1, -0.05) is 36.9 Å². The average Bonchev–Trinajstić information content (AvgIpc) is 2.05. The van der Waals surface area contributed by atoms with E-state index >= 15 is 0 Å². The minimum absolute atomic E-state index is 0.223. The van der Waals surface area contributed by atoms with Gasteiger partial charge in [0.2, 0.25) is 0 Å². The second kappa shape index (κ2) is 3.18. The summed E-state index contributed by atoms with van der Waals surface area (Å²) in [5.41, 5.74) is 5.13. The first-order valence-electron chi connectivity index (χ1n) is 3.35. The topological polar surface area (TPSA) is 27.6 Å². The molecule has 0 amide bonds. The third kappa shape index (κ3) is 1.45. The Kier molecular flexibility index (Phi) is 2.24. The number of hydrogen-bond acceptors (Lipinski definition) is 0. The molecular weight excluding hydrogens is 122 g/mol. The van der Waals surface area contributed by atoms with Crippen LogP contribution in [0, 0.1) is 0 Å². The SMILES string of the molecule is C=CC([NH3+])c1ccccc1. The minimum atomic E-state index is 0.223. The third-order valence-electron chi connectivity index (χ3n) is 1.51. The number of quaternary nitrogens is 1. The molecule has 52 valence electrons. The van der Waals surface area contributed by atoms with Crippen LogP contribution in [0.3, 0.4) is 0 Å². The van der Waals surface area contributed by atoms with Crippen molar-refractivity contribution in [3.05, 3.63) is 48.6 Å². The summed E-state index contributed by atoms with van der Waals surface area (Å²) in [6.07, 6.45) is 1.84. The van der Waals surface area contributed by atoms with Gasteiger partial charge in [0.1, 0.15) is 6.04 Å². The van der Waals surface area contributed by atoms with E-state index in [4.69, 9.17) is 0 Å². The van der Waals surface area contributed by atoms with E-state index in [2.05, 4.69) is 24.4 Å². The van der Waals surface area contributed by atoms with Crippen LogP contribution in [-0.4, -0.2) is 0 Å². The Hall–Kier alpha value is -1.08. The van der Waals surface area contributed by atoms with Gasteiger partial charge >= 0.3 is 0 Å². The Balaban J connectivity index is 2.84. The molecule has 1 heteroatoms. The maximum atomic E-state index is 3.91. The van der Waals surface area contributed by atoms with E-state index in [0.717, 1.165) is 0 Å². The highest BCUT2D eigenvalue weighted by Gasteiger charge is 2.00. The molecule has 1 aromatic rings. The molecule has 1 atom stereocenters. The van der Waals surface area contributed by atoms with Crippen molar-refractivity contribution in [2.75, 3.05) is 0 Å². The van der Waals surface area contributed by atoms with Gasteiger partial charge in [-0.25, -0.2) is 0 Å². The normalized spacial score (nSPS) is 12.5. The van der Waals surface area contributed by atoms with Crippen molar-refractivity contribution in [3.8, 4) is 0 Å². The number of benzene rings is 1. The van der Waals surface area contributed by atoms with Crippen molar-refractivity contribution in [1.29, 1.82) is 0 Å². The van der Waals surface area contributed by atoms with Crippen molar-refractivity contribution in [1.82, 2.24) is 0 Å². The largest absolute Gasteiger partial charge is 0.348 e. The van der Waals surface area contributed by atoms with Crippen molar-refractivity contribution in [3.63, 3.8) is 0 Å². The number of rotatable bonds is 2. The summed E-state index contributed by atoms with van der Waals surface area (Å²) in [5.74, 6) is 0. The second-order valence-electron chi connectivity index (χ2n) is 2.25. The Morgan fingerprint density at radius 1 is 1.30 bits per heavy atom. The first-order valence-corrected chi connectivity index (χ1v) is 3.35. The Morgan fingerprint density at radius 2 is 1.90 bits per heavy atom. The van der Waals surface area contributed by atoms with Crippen LogP contribution < -0.4 is 5.73 Å². The van der Waals surface area contributed by atoms with E-state index in [1.54, 1.807) is 0 Å². The zero-order valence-electron chi connectivity index (χ0n) is 5.96. The van der Waals surface area contributed by atoms with Crippen molar-refractivity contribution >= 4 is 0 Å². The summed E-state index contributed by atoms with van der Waals surface area (Å²) in [5, 5.41) is 0. The van der Waals surface area contributed by atoms with E-state index in [9.17, 15) is 0 Å². The fourth-order valence-electron chi connectivity index (χ4n) is 0.836. The van der Waals surface area contributed by atoms with Gasteiger partial charge in [0, 0.05) is 5.56 Å². The first-order chi connectivity index (χ1) is 4.84. The molecule has 0 aromatic heterocycles. The molecule has 0 aliphatic carbocycles. The zero-order valence-corrected chi connectivity index (χ0v) is 5.96. The van der Waals surface area contributed by atoms with Crippen LogP contribution in [0.25, 0.3) is 0 Å². The highest BCUT2D eigenvalue weighted by Crippen LogP contribution is 2.06.